The Balaban J connectivity index is 1.33. The standard InChI is InChI=1S/C23H25N5O3S/c1-26-9-11-27(12-10-26)15-17-5-7-18(8-6-17)23-25-20(16-32-23)14-22(29)24-19-3-2-4-21(13-19)28(30)31/h2-8,13,16H,9-12,14-15H2,1H3,(H,24,29). The maximum Gasteiger partial charge on any atom is 0.271 e. The number of likely N-dealkylation sites (N-methyl/N-ethyl adjacent to an activating group) is 1. The molecule has 1 aliphatic heterocycles. The van der Waals surface area contributed by atoms with Crippen LogP contribution in [0.1, 0.15) is 11.3 Å². The normalized spacial score (nSPS) is 14.9. The third-order valence-corrected chi connectivity index (χ3v) is 6.38. The molecule has 9 heteroatoms. The highest BCUT2D eigenvalue weighted by Gasteiger charge is 2.15. The van der Waals surface area contributed by atoms with Crippen LogP contribution in [0.4, 0.5) is 11.4 Å². The molecule has 0 unspecified atom stereocenters. The summed E-state index contributed by atoms with van der Waals surface area (Å²) in [5.41, 5.74) is 3.33. The van der Waals surface area contributed by atoms with E-state index in [-0.39, 0.29) is 18.0 Å². The minimum atomic E-state index is -0.487. The highest BCUT2D eigenvalue weighted by Crippen LogP contribution is 2.25. The summed E-state index contributed by atoms with van der Waals surface area (Å²) in [6.45, 7) is 5.34. The molecule has 3 aromatic rings. The summed E-state index contributed by atoms with van der Waals surface area (Å²) in [7, 11) is 2.16. The first-order valence-electron chi connectivity index (χ1n) is 10.5. The largest absolute Gasteiger partial charge is 0.325 e. The van der Waals surface area contributed by atoms with E-state index in [1.54, 1.807) is 12.1 Å². The van der Waals surface area contributed by atoms with Gasteiger partial charge in [-0.1, -0.05) is 30.3 Å². The summed E-state index contributed by atoms with van der Waals surface area (Å²) in [5, 5.41) is 16.3. The lowest BCUT2D eigenvalue weighted by Gasteiger charge is -2.32. The van der Waals surface area contributed by atoms with E-state index in [1.807, 2.05) is 5.38 Å². The number of amides is 1. The number of nitro groups is 1. The van der Waals surface area contributed by atoms with Gasteiger partial charge in [-0.05, 0) is 18.7 Å². The number of anilines is 1. The average molecular weight is 452 g/mol. The molecule has 1 amide bonds. The van der Waals surface area contributed by atoms with Crippen molar-refractivity contribution in [2.24, 2.45) is 0 Å². The average Bonchev–Trinajstić information content (AvgIpc) is 3.24. The Labute approximate surface area is 190 Å². The molecule has 8 nitrogen and oxygen atoms in total. The minimum absolute atomic E-state index is 0.0604. The van der Waals surface area contributed by atoms with Crippen LogP contribution >= 0.6 is 11.3 Å². The van der Waals surface area contributed by atoms with E-state index in [0.717, 1.165) is 43.3 Å². The molecule has 0 radical (unpaired) electrons. The Morgan fingerprint density at radius 3 is 2.62 bits per heavy atom. The zero-order valence-corrected chi connectivity index (χ0v) is 18.7. The Morgan fingerprint density at radius 2 is 1.91 bits per heavy atom. The molecule has 1 aromatic heterocycles. The first-order chi connectivity index (χ1) is 15.5. The van der Waals surface area contributed by atoms with Gasteiger partial charge in [-0.2, -0.15) is 0 Å². The van der Waals surface area contributed by atoms with Gasteiger partial charge in [0.1, 0.15) is 5.01 Å². The summed E-state index contributed by atoms with van der Waals surface area (Å²) < 4.78 is 0. The first kappa shape index (κ1) is 22.1. The maximum atomic E-state index is 12.3. The molecular weight excluding hydrogens is 426 g/mol. The summed E-state index contributed by atoms with van der Waals surface area (Å²) in [6, 6.07) is 14.3. The Kier molecular flexibility index (Phi) is 6.89. The molecule has 0 bridgehead atoms. The number of hydrogen-bond donors (Lipinski definition) is 1. The summed E-state index contributed by atoms with van der Waals surface area (Å²) >= 11 is 1.50. The van der Waals surface area contributed by atoms with Crippen LogP contribution in [0.15, 0.2) is 53.9 Å². The minimum Gasteiger partial charge on any atom is -0.325 e. The van der Waals surface area contributed by atoms with Crippen molar-refractivity contribution in [2.75, 3.05) is 38.5 Å². The molecule has 4 rings (SSSR count). The van der Waals surface area contributed by atoms with E-state index in [9.17, 15) is 14.9 Å². The molecule has 32 heavy (non-hydrogen) atoms. The summed E-state index contributed by atoms with van der Waals surface area (Å²) in [6.07, 6.45) is 0.112. The topological polar surface area (TPSA) is 91.6 Å². The van der Waals surface area contributed by atoms with Crippen LogP contribution in [-0.4, -0.2) is 58.8 Å². The number of nitrogens with zero attached hydrogens (tertiary/aromatic N) is 4. The number of carbonyl (C=O) groups is 1. The van der Waals surface area contributed by atoms with Crippen LogP contribution < -0.4 is 5.32 Å². The van der Waals surface area contributed by atoms with Gasteiger partial charge in [0.25, 0.3) is 5.69 Å². The van der Waals surface area contributed by atoms with Crippen LogP contribution in [-0.2, 0) is 17.8 Å². The van der Waals surface area contributed by atoms with Gasteiger partial charge in [0.2, 0.25) is 5.91 Å². The molecule has 1 N–H and O–H groups in total. The van der Waals surface area contributed by atoms with Gasteiger partial charge >= 0.3 is 0 Å². The van der Waals surface area contributed by atoms with Gasteiger partial charge < -0.3 is 10.2 Å². The predicted octanol–water partition coefficient (Wildman–Crippen LogP) is 3.65. The van der Waals surface area contributed by atoms with Crippen LogP contribution in [0.2, 0.25) is 0 Å². The number of hydrogen-bond acceptors (Lipinski definition) is 7. The van der Waals surface area contributed by atoms with E-state index in [2.05, 4.69) is 51.4 Å². The Hall–Kier alpha value is -3.14. The molecule has 0 spiro atoms. The Bertz CT molecular complexity index is 1090. The second-order valence-electron chi connectivity index (χ2n) is 7.95. The molecule has 0 atom stereocenters. The van der Waals surface area contributed by atoms with Crippen molar-refractivity contribution in [1.29, 1.82) is 0 Å². The molecule has 1 aliphatic rings. The van der Waals surface area contributed by atoms with Crippen molar-refractivity contribution < 1.29 is 9.72 Å². The molecular formula is C23H25N5O3S. The monoisotopic (exact) mass is 451 g/mol. The number of rotatable bonds is 7. The van der Waals surface area contributed by atoms with E-state index in [4.69, 9.17) is 0 Å². The summed E-state index contributed by atoms with van der Waals surface area (Å²) in [5.74, 6) is -0.259. The first-order valence-corrected chi connectivity index (χ1v) is 11.3. The number of piperazine rings is 1. The molecule has 2 aromatic carbocycles. The van der Waals surface area contributed by atoms with E-state index in [1.165, 1.54) is 29.0 Å². The fourth-order valence-corrected chi connectivity index (χ4v) is 4.43. The number of aromatic nitrogens is 1. The molecule has 166 valence electrons. The van der Waals surface area contributed by atoms with Crippen LogP contribution in [0.25, 0.3) is 10.6 Å². The number of non-ortho nitro benzene ring substituents is 1. The lowest BCUT2D eigenvalue weighted by Crippen LogP contribution is -2.43. The fraction of sp³-hybridized carbons (Fsp3) is 0.304. The highest BCUT2D eigenvalue weighted by atomic mass is 32.1. The second kappa shape index (κ2) is 9.99. The molecule has 1 saturated heterocycles. The third-order valence-electron chi connectivity index (χ3n) is 5.44. The lowest BCUT2D eigenvalue weighted by molar-refractivity contribution is -0.384. The van der Waals surface area contributed by atoms with Gasteiger partial charge in [-0.25, -0.2) is 4.98 Å². The second-order valence-corrected chi connectivity index (χ2v) is 8.81. The lowest BCUT2D eigenvalue weighted by atomic mass is 10.1. The molecule has 2 heterocycles. The van der Waals surface area contributed by atoms with Crippen LogP contribution in [0.5, 0.6) is 0 Å². The zero-order valence-electron chi connectivity index (χ0n) is 17.9. The molecule has 0 aliphatic carbocycles. The fourth-order valence-electron chi connectivity index (χ4n) is 3.60. The molecule has 1 fully saturated rings. The van der Waals surface area contributed by atoms with Crippen LogP contribution in [0, 0.1) is 10.1 Å². The third kappa shape index (κ3) is 5.76. The number of benzene rings is 2. The van der Waals surface area contributed by atoms with Crippen molar-refractivity contribution in [3.8, 4) is 10.6 Å². The van der Waals surface area contributed by atoms with Crippen molar-refractivity contribution >= 4 is 28.6 Å². The number of nitrogens with one attached hydrogen (secondary N) is 1. The SMILES string of the molecule is CN1CCN(Cc2ccc(-c3nc(CC(=O)Nc4cccc([N+](=O)[O-])c4)cs3)cc2)CC1. The van der Waals surface area contributed by atoms with Crippen molar-refractivity contribution in [2.45, 2.75) is 13.0 Å². The van der Waals surface area contributed by atoms with Gasteiger partial charge in [0.05, 0.1) is 17.0 Å². The van der Waals surface area contributed by atoms with Crippen molar-refractivity contribution in [1.82, 2.24) is 14.8 Å². The van der Waals surface area contributed by atoms with Gasteiger partial charge in [0, 0.05) is 61.5 Å². The predicted molar refractivity (Wildman–Crippen MR) is 126 cm³/mol. The van der Waals surface area contributed by atoms with Crippen LogP contribution in [0.3, 0.4) is 0 Å². The van der Waals surface area contributed by atoms with Gasteiger partial charge in [-0.15, -0.1) is 11.3 Å². The highest BCUT2D eigenvalue weighted by molar-refractivity contribution is 7.13. The zero-order chi connectivity index (χ0) is 22.5. The number of thiazole rings is 1. The maximum absolute atomic E-state index is 12.3. The smallest absolute Gasteiger partial charge is 0.271 e. The van der Waals surface area contributed by atoms with Gasteiger partial charge in [-0.3, -0.25) is 19.8 Å². The Morgan fingerprint density at radius 1 is 1.16 bits per heavy atom. The summed E-state index contributed by atoms with van der Waals surface area (Å²) in [4.78, 5) is 32.1. The quantitative estimate of drug-likeness (QED) is 0.436. The van der Waals surface area contributed by atoms with E-state index < -0.39 is 4.92 Å². The van der Waals surface area contributed by atoms with Crippen molar-refractivity contribution in [3.05, 3.63) is 75.3 Å². The van der Waals surface area contributed by atoms with Gasteiger partial charge in [0.15, 0.2) is 0 Å². The number of nitro benzene ring substituents is 1. The van der Waals surface area contributed by atoms with Crippen molar-refractivity contribution in [3.63, 3.8) is 0 Å². The van der Waals surface area contributed by atoms with E-state index >= 15 is 0 Å². The van der Waals surface area contributed by atoms with E-state index in [0.29, 0.717) is 11.4 Å². The molecule has 0 saturated carbocycles. The number of carbonyl (C=O) groups excluding carboxylic acids is 1.